The number of furan rings is 1. The minimum Gasteiger partial charge on any atom is -0.467 e. The number of rotatable bonds is 5. The summed E-state index contributed by atoms with van der Waals surface area (Å²) >= 11 is 0. The summed E-state index contributed by atoms with van der Waals surface area (Å²) in [7, 11) is 0. The first kappa shape index (κ1) is 17.5. The summed E-state index contributed by atoms with van der Waals surface area (Å²) < 4.78 is 10.6. The number of ether oxygens (including phenoxy) is 1. The zero-order valence-electron chi connectivity index (χ0n) is 15.0. The normalized spacial score (nSPS) is 20.1. The molecule has 2 amide bonds. The molecule has 0 aromatic carbocycles. The minimum absolute atomic E-state index is 0.0271. The zero-order chi connectivity index (χ0) is 18.6. The Balaban J connectivity index is 1.33. The molecule has 2 N–H and O–H groups in total. The highest BCUT2D eigenvalue weighted by atomic mass is 16.5. The number of H-pyrrole nitrogens is 1. The summed E-state index contributed by atoms with van der Waals surface area (Å²) in [5, 5.41) is 2.90. The maximum atomic E-state index is 12.5. The number of nitrogens with one attached hydrogen (secondary N) is 2. The molecule has 2 fully saturated rings. The van der Waals surface area contributed by atoms with E-state index in [1.54, 1.807) is 23.4 Å². The van der Waals surface area contributed by atoms with Gasteiger partial charge in [-0.15, -0.1) is 0 Å². The Kier molecular flexibility index (Phi) is 5.06. The molecular weight excluding hydrogens is 348 g/mol. The second kappa shape index (κ2) is 7.79. The van der Waals surface area contributed by atoms with Gasteiger partial charge >= 0.3 is 0 Å². The second-order valence-electron chi connectivity index (χ2n) is 6.81. The fourth-order valence-electron chi connectivity index (χ4n) is 3.43. The molecule has 0 spiro atoms. The highest BCUT2D eigenvalue weighted by Gasteiger charge is 2.34. The van der Waals surface area contributed by atoms with Crippen LogP contribution in [-0.2, 0) is 20.9 Å². The van der Waals surface area contributed by atoms with E-state index in [0.29, 0.717) is 18.8 Å². The van der Waals surface area contributed by atoms with Crippen LogP contribution >= 0.6 is 0 Å². The van der Waals surface area contributed by atoms with Gasteiger partial charge in [0, 0.05) is 19.0 Å². The first-order chi connectivity index (χ1) is 13.2. The van der Waals surface area contributed by atoms with Gasteiger partial charge in [0.15, 0.2) is 0 Å². The molecular formula is C19H23N4O4+. The van der Waals surface area contributed by atoms with Crippen molar-refractivity contribution in [3.05, 3.63) is 42.5 Å². The fraction of sp³-hybridized carbons (Fsp3) is 0.421. The number of carbonyl (C=O) groups is 2. The second-order valence-corrected chi connectivity index (χ2v) is 6.81. The molecule has 0 unspecified atom stereocenters. The molecule has 8 heteroatoms. The molecule has 27 heavy (non-hydrogen) atoms. The van der Waals surface area contributed by atoms with E-state index in [1.165, 1.54) is 0 Å². The number of hydrogen-bond donors (Lipinski definition) is 1. The van der Waals surface area contributed by atoms with Crippen LogP contribution in [0.4, 0.5) is 11.5 Å². The van der Waals surface area contributed by atoms with Gasteiger partial charge in [0.2, 0.25) is 11.8 Å². The highest BCUT2D eigenvalue weighted by Crippen LogP contribution is 2.22. The smallest absolute Gasteiger partial charge is 0.274 e. The Bertz CT molecular complexity index is 785. The monoisotopic (exact) mass is 371 g/mol. The van der Waals surface area contributed by atoms with Crippen LogP contribution in [0.3, 0.4) is 0 Å². The van der Waals surface area contributed by atoms with Crippen molar-refractivity contribution in [2.24, 2.45) is 5.92 Å². The fourth-order valence-corrected chi connectivity index (χ4v) is 3.43. The van der Waals surface area contributed by atoms with Gasteiger partial charge in [-0.25, -0.2) is 4.98 Å². The van der Waals surface area contributed by atoms with Gasteiger partial charge in [-0.05, 0) is 18.2 Å². The van der Waals surface area contributed by atoms with Crippen molar-refractivity contribution in [1.29, 1.82) is 0 Å². The quantitative estimate of drug-likeness (QED) is 0.844. The van der Waals surface area contributed by atoms with Gasteiger partial charge in [-0.2, -0.15) is 0 Å². The van der Waals surface area contributed by atoms with Gasteiger partial charge < -0.3 is 19.4 Å². The predicted octanol–water partition coefficient (Wildman–Crippen LogP) is 0.918. The summed E-state index contributed by atoms with van der Waals surface area (Å²) in [5.74, 6) is 1.19. The lowest BCUT2D eigenvalue weighted by molar-refractivity contribution is -0.363. The van der Waals surface area contributed by atoms with Crippen molar-refractivity contribution >= 4 is 23.3 Å². The SMILES string of the molecule is O=C(Nc1ccc(N2CCOCC2)[nH+]c1)[C@H]1CC(=O)N(Cc2ccco2)C1. The lowest BCUT2D eigenvalue weighted by Gasteiger charge is -2.21. The molecule has 2 aromatic rings. The number of carbonyl (C=O) groups excluding carboxylic acids is 2. The van der Waals surface area contributed by atoms with Crippen molar-refractivity contribution in [2.45, 2.75) is 13.0 Å². The standard InChI is InChI=1S/C19H22N4O4/c24-18-10-14(12-23(18)13-16-2-1-7-27-16)19(25)21-15-3-4-17(20-11-15)22-5-8-26-9-6-22/h1-4,7,11,14H,5-6,8-10,12-13H2,(H,21,25)/p+1/t14-/m0/s1. The number of morpholine rings is 1. The highest BCUT2D eigenvalue weighted by molar-refractivity contribution is 5.97. The van der Waals surface area contributed by atoms with Crippen LogP contribution in [0.5, 0.6) is 0 Å². The lowest BCUT2D eigenvalue weighted by atomic mass is 10.1. The molecule has 1 atom stereocenters. The van der Waals surface area contributed by atoms with Gasteiger partial charge in [-0.3, -0.25) is 14.5 Å². The predicted molar refractivity (Wildman–Crippen MR) is 96.9 cm³/mol. The third-order valence-electron chi connectivity index (χ3n) is 4.93. The molecule has 0 radical (unpaired) electrons. The molecule has 2 saturated heterocycles. The number of pyridine rings is 1. The molecule has 0 bridgehead atoms. The van der Waals surface area contributed by atoms with E-state index < -0.39 is 0 Å². The first-order valence-corrected chi connectivity index (χ1v) is 9.14. The summed E-state index contributed by atoms with van der Waals surface area (Å²) in [4.78, 5) is 31.8. The molecule has 4 rings (SSSR count). The van der Waals surface area contributed by atoms with Crippen molar-refractivity contribution in [2.75, 3.05) is 43.1 Å². The summed E-state index contributed by atoms with van der Waals surface area (Å²) in [5.41, 5.74) is 0.689. The van der Waals surface area contributed by atoms with Crippen LogP contribution in [0.2, 0.25) is 0 Å². The molecule has 0 saturated carbocycles. The van der Waals surface area contributed by atoms with Crippen molar-refractivity contribution in [3.8, 4) is 0 Å². The molecule has 142 valence electrons. The van der Waals surface area contributed by atoms with Crippen LogP contribution in [0, 0.1) is 5.92 Å². The van der Waals surface area contributed by atoms with E-state index in [0.717, 1.165) is 37.9 Å². The van der Waals surface area contributed by atoms with Crippen LogP contribution < -0.4 is 15.2 Å². The Hall–Kier alpha value is -2.87. The molecule has 0 aliphatic carbocycles. The first-order valence-electron chi connectivity index (χ1n) is 9.14. The topological polar surface area (TPSA) is 89.2 Å². The zero-order valence-corrected chi connectivity index (χ0v) is 15.0. The molecule has 2 aliphatic rings. The number of nitrogens with zero attached hydrogens (tertiary/aromatic N) is 2. The third-order valence-corrected chi connectivity index (χ3v) is 4.93. The minimum atomic E-state index is -0.355. The van der Waals surface area contributed by atoms with Gasteiger partial charge in [0.05, 0.1) is 37.6 Å². The van der Waals surface area contributed by atoms with E-state index in [2.05, 4.69) is 15.2 Å². The number of aromatic nitrogens is 1. The summed E-state index contributed by atoms with van der Waals surface area (Å²) in [6.45, 7) is 3.93. The van der Waals surface area contributed by atoms with Crippen molar-refractivity contribution in [3.63, 3.8) is 0 Å². The Morgan fingerprint density at radius 1 is 1.26 bits per heavy atom. The Labute approximate surface area is 157 Å². The molecule has 4 heterocycles. The summed E-state index contributed by atoms with van der Waals surface area (Å²) in [6, 6.07) is 7.43. The molecule has 8 nitrogen and oxygen atoms in total. The van der Waals surface area contributed by atoms with Gasteiger partial charge in [-0.1, -0.05) is 0 Å². The van der Waals surface area contributed by atoms with Crippen LogP contribution in [0.15, 0.2) is 41.1 Å². The van der Waals surface area contributed by atoms with E-state index in [-0.39, 0.29) is 24.2 Å². The van der Waals surface area contributed by atoms with Crippen LogP contribution in [-0.4, -0.2) is 49.6 Å². The van der Waals surface area contributed by atoms with E-state index in [4.69, 9.17) is 9.15 Å². The number of aromatic amines is 1. The van der Waals surface area contributed by atoms with Gasteiger partial charge in [0.1, 0.15) is 25.0 Å². The van der Waals surface area contributed by atoms with Crippen molar-refractivity contribution in [1.82, 2.24) is 4.90 Å². The van der Waals surface area contributed by atoms with Crippen LogP contribution in [0.25, 0.3) is 0 Å². The molecule has 2 aliphatic heterocycles. The number of hydrogen-bond acceptors (Lipinski definition) is 5. The average Bonchev–Trinajstić information content (AvgIpc) is 3.34. The molecule has 2 aromatic heterocycles. The third kappa shape index (κ3) is 4.11. The van der Waals surface area contributed by atoms with Crippen LogP contribution in [0.1, 0.15) is 12.2 Å². The summed E-state index contributed by atoms with van der Waals surface area (Å²) in [6.07, 6.45) is 3.58. The van der Waals surface area contributed by atoms with E-state index >= 15 is 0 Å². The van der Waals surface area contributed by atoms with Gasteiger partial charge in [0.25, 0.3) is 5.82 Å². The number of amides is 2. The number of anilines is 2. The lowest BCUT2D eigenvalue weighted by Crippen LogP contribution is -2.39. The maximum Gasteiger partial charge on any atom is 0.274 e. The number of likely N-dealkylation sites (tertiary alicyclic amines) is 1. The average molecular weight is 371 g/mol. The van der Waals surface area contributed by atoms with E-state index in [9.17, 15) is 9.59 Å². The largest absolute Gasteiger partial charge is 0.467 e. The Morgan fingerprint density at radius 2 is 2.11 bits per heavy atom. The maximum absolute atomic E-state index is 12.5. The Morgan fingerprint density at radius 3 is 2.81 bits per heavy atom. The van der Waals surface area contributed by atoms with E-state index in [1.807, 2.05) is 18.2 Å². The van der Waals surface area contributed by atoms with Crippen molar-refractivity contribution < 1.29 is 23.7 Å².